The highest BCUT2D eigenvalue weighted by Crippen LogP contribution is 2.29. The van der Waals surface area contributed by atoms with E-state index in [0.29, 0.717) is 24.2 Å². The van der Waals surface area contributed by atoms with Crippen molar-refractivity contribution in [3.8, 4) is 11.5 Å². The van der Waals surface area contributed by atoms with Crippen LogP contribution in [0, 0.1) is 5.92 Å². The van der Waals surface area contributed by atoms with Crippen LogP contribution in [0.15, 0.2) is 79.1 Å². The van der Waals surface area contributed by atoms with Crippen LogP contribution < -0.4 is 10.2 Å². The summed E-state index contributed by atoms with van der Waals surface area (Å²) in [5.74, 6) is 0.516. The Hall–Kier alpha value is -4.13. The lowest BCUT2D eigenvalue weighted by atomic mass is 9.78. The van der Waals surface area contributed by atoms with Crippen LogP contribution >= 0.6 is 0 Å². The first-order chi connectivity index (χ1) is 17.4. The Balaban J connectivity index is 1.49. The number of aromatic nitrogens is 1. The first-order valence-electron chi connectivity index (χ1n) is 12.2. The number of phenols is 2. The Labute approximate surface area is 211 Å². The number of ketones is 1. The molecule has 36 heavy (non-hydrogen) atoms. The summed E-state index contributed by atoms with van der Waals surface area (Å²) in [6.45, 7) is 0. The van der Waals surface area contributed by atoms with Crippen molar-refractivity contribution in [2.24, 2.45) is 5.92 Å². The van der Waals surface area contributed by atoms with Gasteiger partial charge in [-0.25, -0.2) is 4.98 Å². The molecule has 0 aliphatic heterocycles. The lowest BCUT2D eigenvalue weighted by molar-refractivity contribution is -0.127. The molecule has 1 atom stereocenters. The molecule has 1 unspecified atom stereocenters. The quantitative estimate of drug-likeness (QED) is 0.394. The van der Waals surface area contributed by atoms with Gasteiger partial charge in [0.2, 0.25) is 0 Å². The number of nitrogens with zero attached hydrogens (tertiary/aromatic N) is 2. The van der Waals surface area contributed by atoms with Crippen molar-refractivity contribution in [3.63, 3.8) is 0 Å². The molecule has 1 amide bonds. The van der Waals surface area contributed by atoms with E-state index in [1.807, 2.05) is 25.4 Å². The van der Waals surface area contributed by atoms with Gasteiger partial charge in [-0.05, 0) is 73.2 Å². The molecular formula is C29H31N3O4. The normalized spacial score (nSPS) is 14.2. The molecule has 1 fully saturated rings. The average molecular weight is 486 g/mol. The molecule has 186 valence electrons. The van der Waals surface area contributed by atoms with Crippen molar-refractivity contribution in [2.75, 3.05) is 11.9 Å². The number of hydrogen-bond donors (Lipinski definition) is 3. The maximum atomic E-state index is 13.4. The lowest BCUT2D eigenvalue weighted by Gasteiger charge is -2.29. The number of Topliss-reactive ketones (excluding diaryl/α,β-unsaturated/α-hetero) is 1. The summed E-state index contributed by atoms with van der Waals surface area (Å²) in [5.41, 5.74) is 2.20. The van der Waals surface area contributed by atoms with Gasteiger partial charge in [0.25, 0.3) is 5.91 Å². The Morgan fingerprint density at radius 1 is 1.06 bits per heavy atom. The van der Waals surface area contributed by atoms with E-state index in [9.17, 15) is 19.8 Å². The monoisotopic (exact) mass is 485 g/mol. The molecule has 0 radical (unpaired) electrons. The van der Waals surface area contributed by atoms with Gasteiger partial charge >= 0.3 is 0 Å². The second kappa shape index (κ2) is 11.5. The number of hydrogen-bond acceptors (Lipinski definition) is 6. The maximum Gasteiger partial charge on any atom is 0.255 e. The van der Waals surface area contributed by atoms with E-state index in [4.69, 9.17) is 0 Å². The highest BCUT2D eigenvalue weighted by Gasteiger charge is 2.32. The van der Waals surface area contributed by atoms with Crippen LogP contribution in [-0.2, 0) is 17.6 Å². The minimum atomic E-state index is -0.660. The number of benzene rings is 2. The SMILES string of the molecule is CN(/C=C\Cc1cccc(O)c1)c1ncccc1C(=O)NC(Cc1ccc(O)cc1)C(=O)C1CCC1. The molecule has 1 aromatic heterocycles. The van der Waals surface area contributed by atoms with Gasteiger partial charge in [-0.2, -0.15) is 0 Å². The smallest absolute Gasteiger partial charge is 0.255 e. The molecule has 4 rings (SSSR count). The van der Waals surface area contributed by atoms with Crippen LogP contribution in [0.25, 0.3) is 0 Å². The number of nitrogens with one attached hydrogen (secondary N) is 1. The highest BCUT2D eigenvalue weighted by molar-refractivity contribution is 6.02. The molecule has 7 heteroatoms. The molecule has 1 saturated carbocycles. The van der Waals surface area contributed by atoms with Crippen molar-refractivity contribution in [1.29, 1.82) is 0 Å². The van der Waals surface area contributed by atoms with Crippen molar-refractivity contribution in [1.82, 2.24) is 10.3 Å². The number of pyridine rings is 1. The number of allylic oxidation sites excluding steroid dienone is 1. The Bertz CT molecular complexity index is 1240. The van der Waals surface area contributed by atoms with Crippen LogP contribution in [0.5, 0.6) is 11.5 Å². The highest BCUT2D eigenvalue weighted by atomic mass is 16.3. The fraction of sp³-hybridized carbons (Fsp3) is 0.276. The van der Waals surface area contributed by atoms with Gasteiger partial charge in [0.1, 0.15) is 17.3 Å². The number of carbonyl (C=O) groups excluding carboxylic acids is 2. The third kappa shape index (κ3) is 6.30. The van der Waals surface area contributed by atoms with Gasteiger partial charge in [-0.3, -0.25) is 9.59 Å². The topological polar surface area (TPSA) is 103 Å². The third-order valence-corrected chi connectivity index (χ3v) is 6.49. The molecule has 1 aliphatic carbocycles. The van der Waals surface area contributed by atoms with Crippen LogP contribution in [0.3, 0.4) is 0 Å². The first kappa shape index (κ1) is 25.0. The molecule has 3 N–H and O–H groups in total. The van der Waals surface area contributed by atoms with Crippen LogP contribution in [0.1, 0.15) is 40.7 Å². The molecule has 7 nitrogen and oxygen atoms in total. The summed E-state index contributed by atoms with van der Waals surface area (Å²) in [6.07, 6.45) is 9.09. The third-order valence-electron chi connectivity index (χ3n) is 6.49. The lowest BCUT2D eigenvalue weighted by Crippen LogP contribution is -2.46. The molecule has 3 aromatic rings. The molecular weight excluding hydrogens is 454 g/mol. The zero-order valence-electron chi connectivity index (χ0n) is 20.3. The standard InChI is InChI=1S/C29H31N3O4/c1-32(17-5-7-20-6-2-10-24(34)18-20)28-25(11-4-16-30-28)29(36)31-26(27(35)22-8-3-9-22)19-21-12-14-23(33)15-13-21/h2,4-6,10-18,22,26,33-34H,3,7-9,19H2,1H3,(H,31,36)/b17-5-. The molecule has 1 heterocycles. The number of carbonyl (C=O) groups is 2. The van der Waals surface area contributed by atoms with Gasteiger partial charge in [0, 0.05) is 25.4 Å². The molecule has 0 bridgehead atoms. The number of aromatic hydroxyl groups is 2. The Kier molecular flexibility index (Phi) is 8.00. The molecule has 1 aliphatic rings. The van der Waals surface area contributed by atoms with Gasteiger partial charge in [0.15, 0.2) is 5.78 Å². The van der Waals surface area contributed by atoms with Gasteiger partial charge in [-0.15, -0.1) is 0 Å². The summed E-state index contributed by atoms with van der Waals surface area (Å²) in [7, 11) is 1.81. The van der Waals surface area contributed by atoms with Crippen molar-refractivity contribution in [2.45, 2.75) is 38.1 Å². The molecule has 2 aromatic carbocycles. The van der Waals surface area contributed by atoms with Crippen molar-refractivity contribution < 1.29 is 19.8 Å². The van der Waals surface area contributed by atoms with Gasteiger partial charge < -0.3 is 20.4 Å². The van der Waals surface area contributed by atoms with Crippen molar-refractivity contribution >= 4 is 17.5 Å². The molecule has 0 spiro atoms. The first-order valence-corrected chi connectivity index (χ1v) is 12.2. The predicted molar refractivity (Wildman–Crippen MR) is 139 cm³/mol. The minimum Gasteiger partial charge on any atom is -0.508 e. The van der Waals surface area contributed by atoms with Crippen LogP contribution in [0.4, 0.5) is 5.82 Å². The van der Waals surface area contributed by atoms with E-state index in [1.165, 1.54) is 0 Å². The van der Waals surface area contributed by atoms with Crippen molar-refractivity contribution in [3.05, 3.63) is 95.8 Å². The Morgan fingerprint density at radius 2 is 1.83 bits per heavy atom. The van der Waals surface area contributed by atoms with E-state index in [0.717, 1.165) is 30.4 Å². The maximum absolute atomic E-state index is 13.4. The second-order valence-electron chi connectivity index (χ2n) is 9.17. The fourth-order valence-corrected chi connectivity index (χ4v) is 4.26. The fourth-order valence-electron chi connectivity index (χ4n) is 4.26. The van der Waals surface area contributed by atoms with E-state index in [-0.39, 0.29) is 29.1 Å². The Morgan fingerprint density at radius 3 is 2.53 bits per heavy atom. The van der Waals surface area contributed by atoms with Crippen LogP contribution in [-0.4, -0.2) is 40.0 Å². The number of rotatable bonds is 10. The zero-order chi connectivity index (χ0) is 25.5. The average Bonchev–Trinajstić information content (AvgIpc) is 2.84. The number of amides is 1. The summed E-state index contributed by atoms with van der Waals surface area (Å²) < 4.78 is 0. The van der Waals surface area contributed by atoms with E-state index < -0.39 is 6.04 Å². The second-order valence-corrected chi connectivity index (χ2v) is 9.17. The largest absolute Gasteiger partial charge is 0.508 e. The summed E-state index contributed by atoms with van der Waals surface area (Å²) in [4.78, 5) is 32.7. The molecule has 0 saturated heterocycles. The van der Waals surface area contributed by atoms with Gasteiger partial charge in [-0.1, -0.05) is 36.8 Å². The summed E-state index contributed by atoms with van der Waals surface area (Å²) in [5, 5.41) is 22.2. The number of anilines is 1. The predicted octanol–water partition coefficient (Wildman–Crippen LogP) is 4.40. The zero-order valence-corrected chi connectivity index (χ0v) is 20.3. The number of phenolic OH excluding ortho intramolecular Hbond substituents is 2. The summed E-state index contributed by atoms with van der Waals surface area (Å²) >= 11 is 0. The minimum absolute atomic E-state index is 0.0242. The van der Waals surface area contributed by atoms with E-state index in [1.54, 1.807) is 65.7 Å². The van der Waals surface area contributed by atoms with Crippen LogP contribution in [0.2, 0.25) is 0 Å². The van der Waals surface area contributed by atoms with Gasteiger partial charge in [0.05, 0.1) is 11.6 Å². The summed E-state index contributed by atoms with van der Waals surface area (Å²) in [6, 6.07) is 16.5. The van der Waals surface area contributed by atoms with E-state index in [2.05, 4.69) is 10.3 Å². The van der Waals surface area contributed by atoms with E-state index >= 15 is 0 Å².